The Morgan fingerprint density at radius 2 is 1.79 bits per heavy atom. The molecule has 0 aromatic carbocycles. The van der Waals surface area contributed by atoms with Crippen LogP contribution >= 0.6 is 7.60 Å². The molecule has 160 valence electrons. The van der Waals surface area contributed by atoms with Gasteiger partial charge in [0.15, 0.2) is 5.16 Å². The Labute approximate surface area is 170 Å². The van der Waals surface area contributed by atoms with Crippen molar-refractivity contribution in [3.8, 4) is 0 Å². The third kappa shape index (κ3) is 2.96. The topological polar surface area (TPSA) is 61.8 Å². The summed E-state index contributed by atoms with van der Waals surface area (Å²) in [5, 5.41) is -1.27. The van der Waals surface area contributed by atoms with Gasteiger partial charge in [0.1, 0.15) is 6.10 Å². The van der Waals surface area contributed by atoms with Crippen LogP contribution in [0.25, 0.3) is 0 Å². The molecular formula is C22H37O5P. The average Bonchev–Trinajstić information content (AvgIpc) is 2.96. The highest BCUT2D eigenvalue weighted by Gasteiger charge is 2.66. The van der Waals surface area contributed by atoms with Crippen LogP contribution in [0.3, 0.4) is 0 Å². The van der Waals surface area contributed by atoms with E-state index in [0.29, 0.717) is 18.8 Å². The van der Waals surface area contributed by atoms with Crippen LogP contribution in [-0.2, 0) is 23.1 Å². The van der Waals surface area contributed by atoms with Crippen LogP contribution in [0.2, 0.25) is 0 Å². The molecule has 5 atom stereocenters. The molecule has 3 rings (SSSR count). The molecule has 2 fully saturated rings. The Morgan fingerprint density at radius 1 is 1.14 bits per heavy atom. The number of carbonyl (C=O) groups is 1. The first-order chi connectivity index (χ1) is 13.1. The van der Waals surface area contributed by atoms with Gasteiger partial charge in [-0.25, -0.2) is 0 Å². The molecule has 28 heavy (non-hydrogen) atoms. The SMILES string of the molecule is CCOP(=O)(OCC)[C@@]1(C(=O)O[C@@H]2C[C@@H]3CC[C@@]2(C)C3(C)C)CCC=C[C@@H]1C. The van der Waals surface area contributed by atoms with Crippen molar-refractivity contribution in [1.29, 1.82) is 0 Å². The van der Waals surface area contributed by atoms with Crippen LogP contribution in [0.4, 0.5) is 0 Å². The lowest BCUT2D eigenvalue weighted by molar-refractivity contribution is -0.162. The molecule has 2 bridgehead atoms. The van der Waals surface area contributed by atoms with Gasteiger partial charge in [-0.15, -0.1) is 0 Å². The molecule has 0 unspecified atom stereocenters. The number of fused-ring (bicyclic) bond motifs is 2. The highest BCUT2D eigenvalue weighted by molar-refractivity contribution is 7.56. The third-order valence-electron chi connectivity index (χ3n) is 8.27. The van der Waals surface area contributed by atoms with Crippen molar-refractivity contribution < 1.29 is 23.1 Å². The van der Waals surface area contributed by atoms with Gasteiger partial charge in [-0.1, -0.05) is 39.8 Å². The van der Waals surface area contributed by atoms with Crippen molar-refractivity contribution in [2.75, 3.05) is 13.2 Å². The summed E-state index contributed by atoms with van der Waals surface area (Å²) >= 11 is 0. The fraction of sp³-hybridized carbons (Fsp3) is 0.864. The second-order valence-electron chi connectivity index (χ2n) is 9.52. The van der Waals surface area contributed by atoms with Crippen molar-refractivity contribution in [3.05, 3.63) is 12.2 Å². The molecular weight excluding hydrogens is 375 g/mol. The van der Waals surface area contributed by atoms with Crippen molar-refractivity contribution in [2.45, 2.75) is 84.9 Å². The van der Waals surface area contributed by atoms with Crippen LogP contribution in [0, 0.1) is 22.7 Å². The molecule has 6 heteroatoms. The minimum absolute atomic E-state index is 0.0382. The van der Waals surface area contributed by atoms with E-state index in [9.17, 15) is 9.36 Å². The summed E-state index contributed by atoms with van der Waals surface area (Å²) in [6, 6.07) is 0. The Hall–Kier alpha value is -0.640. The smallest absolute Gasteiger partial charge is 0.348 e. The molecule has 0 spiro atoms. The van der Waals surface area contributed by atoms with Gasteiger partial charge in [-0.05, 0) is 57.3 Å². The monoisotopic (exact) mass is 412 g/mol. The lowest BCUT2D eigenvalue weighted by Gasteiger charge is -2.44. The normalized spacial score (nSPS) is 39.3. The van der Waals surface area contributed by atoms with Gasteiger partial charge < -0.3 is 13.8 Å². The molecule has 0 N–H and O–H groups in total. The molecule has 0 radical (unpaired) electrons. The fourth-order valence-corrected chi connectivity index (χ4v) is 8.40. The maximum atomic E-state index is 13.9. The molecule has 3 aliphatic rings. The highest BCUT2D eigenvalue weighted by Crippen LogP contribution is 2.69. The summed E-state index contributed by atoms with van der Waals surface area (Å²) in [5.74, 6) is -0.0956. The minimum Gasteiger partial charge on any atom is -0.461 e. The molecule has 0 heterocycles. The standard InChI is InChI=1S/C22H37O5P/c1-7-25-28(24,26-8-2)22(13-10-9-11-16(22)3)19(23)27-18-15-17-12-14-21(18,6)20(17,4)5/h9,11,16-18H,7-8,10,12-15H2,1-6H3/t16-,17-,18+,21+,22-/m0/s1. The van der Waals surface area contributed by atoms with Crippen LogP contribution < -0.4 is 0 Å². The minimum atomic E-state index is -3.69. The Morgan fingerprint density at radius 3 is 2.25 bits per heavy atom. The Bertz CT molecular complexity index is 676. The number of allylic oxidation sites excluding steroid dienone is 2. The molecule has 0 aromatic heterocycles. The van der Waals surface area contributed by atoms with E-state index in [2.05, 4.69) is 20.8 Å². The second-order valence-corrected chi connectivity index (χ2v) is 11.8. The molecule has 0 aromatic rings. The highest BCUT2D eigenvalue weighted by atomic mass is 31.2. The first-order valence-corrected chi connectivity index (χ1v) is 12.4. The zero-order valence-corrected chi connectivity index (χ0v) is 19.2. The summed E-state index contributed by atoms with van der Waals surface area (Å²) < 4.78 is 31.5. The largest absolute Gasteiger partial charge is 0.461 e. The van der Waals surface area contributed by atoms with E-state index in [1.165, 1.54) is 6.42 Å². The molecule has 5 nitrogen and oxygen atoms in total. The maximum absolute atomic E-state index is 13.9. The zero-order valence-electron chi connectivity index (χ0n) is 18.3. The van der Waals surface area contributed by atoms with E-state index < -0.39 is 18.7 Å². The fourth-order valence-electron chi connectivity index (χ4n) is 5.92. The zero-order chi connectivity index (χ0) is 20.8. The van der Waals surface area contributed by atoms with Crippen LogP contribution in [0.15, 0.2) is 12.2 Å². The van der Waals surface area contributed by atoms with E-state index in [0.717, 1.165) is 12.8 Å². The summed E-state index contributed by atoms with van der Waals surface area (Å²) in [7, 11) is -3.69. The second kappa shape index (κ2) is 7.56. The van der Waals surface area contributed by atoms with Crippen molar-refractivity contribution in [1.82, 2.24) is 0 Å². The number of carbonyl (C=O) groups excluding carboxylic acids is 1. The predicted octanol–water partition coefficient (Wildman–Crippen LogP) is 5.74. The van der Waals surface area contributed by atoms with E-state index in [-0.39, 0.29) is 36.1 Å². The molecule has 0 aliphatic heterocycles. The van der Waals surface area contributed by atoms with Crippen LogP contribution in [0.1, 0.15) is 73.6 Å². The van der Waals surface area contributed by atoms with E-state index in [1.807, 2.05) is 19.1 Å². The number of hydrogen-bond acceptors (Lipinski definition) is 5. The Kier molecular flexibility index (Phi) is 5.95. The van der Waals surface area contributed by atoms with E-state index >= 15 is 0 Å². The number of hydrogen-bond donors (Lipinski definition) is 0. The van der Waals surface area contributed by atoms with Crippen LogP contribution in [0.5, 0.6) is 0 Å². The third-order valence-corrected chi connectivity index (χ3v) is 11.3. The van der Waals surface area contributed by atoms with Gasteiger partial charge >= 0.3 is 13.6 Å². The number of rotatable bonds is 7. The predicted molar refractivity (Wildman–Crippen MR) is 110 cm³/mol. The lowest BCUT2D eigenvalue weighted by Crippen LogP contribution is -2.50. The Balaban J connectivity index is 1.95. The molecule has 2 saturated carbocycles. The first-order valence-electron chi connectivity index (χ1n) is 10.9. The molecule has 0 saturated heterocycles. The van der Waals surface area contributed by atoms with Gasteiger partial charge in [0.05, 0.1) is 13.2 Å². The lowest BCUT2D eigenvalue weighted by atomic mass is 9.70. The van der Waals surface area contributed by atoms with Gasteiger partial charge in [-0.3, -0.25) is 9.36 Å². The first kappa shape index (κ1) is 22.1. The maximum Gasteiger partial charge on any atom is 0.348 e. The average molecular weight is 413 g/mol. The summed E-state index contributed by atoms with van der Waals surface area (Å²) in [6.07, 6.45) is 8.11. The quantitative estimate of drug-likeness (QED) is 0.303. The van der Waals surface area contributed by atoms with Gasteiger partial charge in [0, 0.05) is 11.3 Å². The van der Waals surface area contributed by atoms with Gasteiger partial charge in [0.2, 0.25) is 0 Å². The van der Waals surface area contributed by atoms with Crippen molar-refractivity contribution in [2.24, 2.45) is 22.7 Å². The number of ether oxygens (including phenoxy) is 1. The van der Waals surface area contributed by atoms with Crippen LogP contribution in [-0.4, -0.2) is 30.4 Å². The van der Waals surface area contributed by atoms with Gasteiger partial charge in [0.25, 0.3) is 0 Å². The molecule has 3 aliphatic carbocycles. The summed E-state index contributed by atoms with van der Waals surface area (Å²) in [5.41, 5.74) is 0.107. The van der Waals surface area contributed by atoms with Gasteiger partial charge in [-0.2, -0.15) is 0 Å². The van der Waals surface area contributed by atoms with E-state index in [1.54, 1.807) is 13.8 Å². The van der Waals surface area contributed by atoms with Crippen molar-refractivity contribution >= 4 is 13.6 Å². The van der Waals surface area contributed by atoms with E-state index in [4.69, 9.17) is 13.8 Å². The summed E-state index contributed by atoms with van der Waals surface area (Å²) in [6.45, 7) is 12.8. The number of esters is 1. The molecule has 0 amide bonds. The van der Waals surface area contributed by atoms with Crippen molar-refractivity contribution in [3.63, 3.8) is 0 Å². The summed E-state index contributed by atoms with van der Waals surface area (Å²) in [4.78, 5) is 13.7.